The molecule has 0 aromatic rings. The molecule has 1 amide bonds. The molecule has 47 heavy (non-hydrogen) atoms. The number of ether oxygens (including phenoxy) is 2. The highest BCUT2D eigenvalue weighted by atomic mass is 32.2. The highest BCUT2D eigenvalue weighted by Crippen LogP contribution is 2.18. The van der Waals surface area contributed by atoms with Crippen LogP contribution in [0.3, 0.4) is 0 Å². The maximum Gasteiger partial charge on any atom is 0.326 e. The molecule has 0 radical (unpaired) electrons. The summed E-state index contributed by atoms with van der Waals surface area (Å²) < 4.78 is 11.4. The zero-order valence-electron chi connectivity index (χ0n) is 31.4. The number of nitrogens with zero attached hydrogens (tertiary/aromatic N) is 2. The van der Waals surface area contributed by atoms with Crippen LogP contribution in [0.25, 0.3) is 0 Å². The van der Waals surface area contributed by atoms with E-state index < -0.39 is 11.9 Å². The van der Waals surface area contributed by atoms with E-state index in [0.717, 1.165) is 83.8 Å². The van der Waals surface area contributed by atoms with Gasteiger partial charge in [0.25, 0.3) is 5.24 Å². The molecule has 0 saturated heterocycles. The van der Waals surface area contributed by atoms with Crippen molar-refractivity contribution in [1.82, 2.24) is 9.80 Å². The summed E-state index contributed by atoms with van der Waals surface area (Å²) in [4.78, 5) is 42.9. The molecule has 0 spiro atoms. The SMILES string of the molecule is CCCCCC/C=C\COC(=O)CN(CC(=O)OC(CCCCCCCC)CCCCCCCC)C(=O)SCCCCN(CC)CC. The van der Waals surface area contributed by atoms with Crippen molar-refractivity contribution in [2.24, 2.45) is 0 Å². The molecule has 7 nitrogen and oxygen atoms in total. The number of carbonyl (C=O) groups excluding carboxylic acids is 3. The summed E-state index contributed by atoms with van der Waals surface area (Å²) in [6.07, 6.45) is 27.5. The molecule has 0 rings (SSSR count). The van der Waals surface area contributed by atoms with Crippen LogP contribution in [0, 0.1) is 0 Å². The smallest absolute Gasteiger partial charge is 0.326 e. The lowest BCUT2D eigenvalue weighted by atomic mass is 10.0. The molecule has 276 valence electrons. The van der Waals surface area contributed by atoms with Crippen LogP contribution >= 0.6 is 11.8 Å². The average Bonchev–Trinajstić information content (AvgIpc) is 3.06. The van der Waals surface area contributed by atoms with Gasteiger partial charge in [-0.05, 0) is 71.0 Å². The summed E-state index contributed by atoms with van der Waals surface area (Å²) in [5.41, 5.74) is 0. The summed E-state index contributed by atoms with van der Waals surface area (Å²) >= 11 is 1.18. The summed E-state index contributed by atoms with van der Waals surface area (Å²) in [6.45, 7) is 13.7. The first kappa shape index (κ1) is 45.5. The Morgan fingerprint density at radius 3 is 1.72 bits per heavy atom. The van der Waals surface area contributed by atoms with Crippen LogP contribution in [0.4, 0.5) is 4.79 Å². The highest BCUT2D eigenvalue weighted by molar-refractivity contribution is 8.13. The molecule has 0 fully saturated rings. The van der Waals surface area contributed by atoms with Crippen molar-refractivity contribution in [3.63, 3.8) is 0 Å². The lowest BCUT2D eigenvalue weighted by molar-refractivity contribution is -0.151. The van der Waals surface area contributed by atoms with Gasteiger partial charge < -0.3 is 19.3 Å². The first-order chi connectivity index (χ1) is 22.9. The van der Waals surface area contributed by atoms with Crippen molar-refractivity contribution in [3.05, 3.63) is 12.2 Å². The van der Waals surface area contributed by atoms with Crippen LogP contribution in [-0.2, 0) is 19.1 Å². The Morgan fingerprint density at radius 2 is 1.15 bits per heavy atom. The normalized spacial score (nSPS) is 11.6. The monoisotopic (exact) mass is 683 g/mol. The van der Waals surface area contributed by atoms with Gasteiger partial charge in [-0.25, -0.2) is 0 Å². The molecule has 0 bridgehead atoms. The number of hydrogen-bond acceptors (Lipinski definition) is 7. The zero-order chi connectivity index (χ0) is 34.8. The van der Waals surface area contributed by atoms with E-state index in [0.29, 0.717) is 5.75 Å². The van der Waals surface area contributed by atoms with Crippen LogP contribution < -0.4 is 0 Å². The maximum atomic E-state index is 13.3. The largest absolute Gasteiger partial charge is 0.461 e. The second-order valence-corrected chi connectivity index (χ2v) is 14.0. The third kappa shape index (κ3) is 29.1. The van der Waals surface area contributed by atoms with Crippen molar-refractivity contribution in [2.75, 3.05) is 45.1 Å². The molecular weight excluding hydrogens is 609 g/mol. The Hall–Kier alpha value is -1.54. The third-order valence-corrected chi connectivity index (χ3v) is 9.67. The Kier molecular flexibility index (Phi) is 33.2. The molecule has 0 heterocycles. The van der Waals surface area contributed by atoms with Gasteiger partial charge in [-0.1, -0.05) is 142 Å². The fourth-order valence-corrected chi connectivity index (χ4v) is 6.41. The molecule has 0 aromatic heterocycles. The van der Waals surface area contributed by atoms with Gasteiger partial charge in [-0.2, -0.15) is 0 Å². The van der Waals surface area contributed by atoms with Gasteiger partial charge in [-0.15, -0.1) is 0 Å². The van der Waals surface area contributed by atoms with E-state index in [1.54, 1.807) is 0 Å². The van der Waals surface area contributed by atoms with E-state index in [4.69, 9.17) is 9.47 Å². The number of rotatable bonds is 33. The van der Waals surface area contributed by atoms with Crippen LogP contribution in [0.5, 0.6) is 0 Å². The van der Waals surface area contributed by atoms with E-state index in [1.807, 2.05) is 12.2 Å². The molecule has 0 aliphatic carbocycles. The van der Waals surface area contributed by atoms with Crippen LogP contribution in [0.15, 0.2) is 12.2 Å². The quantitative estimate of drug-likeness (QED) is 0.0387. The average molecular weight is 683 g/mol. The van der Waals surface area contributed by atoms with E-state index in [9.17, 15) is 14.4 Å². The summed E-state index contributed by atoms with van der Waals surface area (Å²) in [7, 11) is 0. The Balaban J connectivity index is 5.14. The molecule has 0 aliphatic heterocycles. The van der Waals surface area contributed by atoms with E-state index in [-0.39, 0.29) is 31.0 Å². The van der Waals surface area contributed by atoms with Crippen molar-refractivity contribution >= 4 is 28.9 Å². The maximum absolute atomic E-state index is 13.3. The van der Waals surface area contributed by atoms with Gasteiger partial charge in [0.15, 0.2) is 0 Å². The van der Waals surface area contributed by atoms with Crippen LogP contribution in [-0.4, -0.2) is 78.2 Å². The Morgan fingerprint density at radius 1 is 0.617 bits per heavy atom. The van der Waals surface area contributed by atoms with Gasteiger partial charge in [0.2, 0.25) is 0 Å². The number of allylic oxidation sites excluding steroid dienone is 1. The first-order valence-corrected chi connectivity index (χ1v) is 20.5. The summed E-state index contributed by atoms with van der Waals surface area (Å²) in [6, 6.07) is 0. The molecule has 0 aromatic carbocycles. The number of thioether (sulfide) groups is 1. The molecule has 0 saturated carbocycles. The van der Waals surface area contributed by atoms with Gasteiger partial charge in [-0.3, -0.25) is 14.4 Å². The van der Waals surface area contributed by atoms with Crippen LogP contribution in [0.2, 0.25) is 0 Å². The predicted octanol–water partition coefficient (Wildman–Crippen LogP) is 10.7. The lowest BCUT2D eigenvalue weighted by Crippen LogP contribution is -2.39. The summed E-state index contributed by atoms with van der Waals surface area (Å²) in [5.74, 6) is -0.276. The van der Waals surface area contributed by atoms with Crippen molar-refractivity contribution in [2.45, 2.75) is 176 Å². The van der Waals surface area contributed by atoms with Crippen molar-refractivity contribution in [3.8, 4) is 0 Å². The number of esters is 2. The minimum Gasteiger partial charge on any atom is -0.461 e. The van der Waals surface area contributed by atoms with Gasteiger partial charge in [0, 0.05) is 5.75 Å². The fraction of sp³-hybridized carbons (Fsp3) is 0.872. The molecule has 0 aliphatic rings. The highest BCUT2D eigenvalue weighted by Gasteiger charge is 2.24. The van der Waals surface area contributed by atoms with E-state index >= 15 is 0 Å². The molecule has 8 heteroatoms. The van der Waals surface area contributed by atoms with Gasteiger partial charge in [0.05, 0.1) is 0 Å². The second-order valence-electron chi connectivity index (χ2n) is 12.9. The van der Waals surface area contributed by atoms with Crippen molar-refractivity contribution < 1.29 is 23.9 Å². The lowest BCUT2D eigenvalue weighted by Gasteiger charge is -2.23. The predicted molar refractivity (Wildman–Crippen MR) is 201 cm³/mol. The van der Waals surface area contributed by atoms with Crippen molar-refractivity contribution in [1.29, 1.82) is 0 Å². The standard InChI is InChI=1S/C39H74N2O5S/c1-6-11-14-17-20-23-27-32-45-37(42)34-41(39(44)47-33-28-26-31-40(9-4)10-5)35-38(43)46-36(29-24-21-18-15-12-7-2)30-25-22-19-16-13-8-3/h23,27,36H,6-22,24-26,28-35H2,1-5H3/b27-23-. The minimum atomic E-state index is -0.500. The number of amides is 1. The molecule has 0 N–H and O–H groups in total. The Bertz CT molecular complexity index is 758. The minimum absolute atomic E-state index is 0.140. The topological polar surface area (TPSA) is 76.1 Å². The zero-order valence-corrected chi connectivity index (χ0v) is 32.2. The number of unbranched alkanes of at least 4 members (excludes halogenated alkanes) is 15. The summed E-state index contributed by atoms with van der Waals surface area (Å²) in [5, 5.41) is -0.267. The second kappa shape index (κ2) is 34.3. The molecule has 0 unspecified atom stereocenters. The van der Waals surface area contributed by atoms with Crippen LogP contribution in [0.1, 0.15) is 169 Å². The first-order valence-electron chi connectivity index (χ1n) is 19.6. The van der Waals surface area contributed by atoms with E-state index in [2.05, 4.69) is 39.5 Å². The third-order valence-electron chi connectivity index (χ3n) is 8.68. The van der Waals surface area contributed by atoms with Gasteiger partial charge >= 0.3 is 11.9 Å². The van der Waals surface area contributed by atoms with E-state index in [1.165, 1.54) is 87.3 Å². The number of hydrogen-bond donors (Lipinski definition) is 0. The molecular formula is C39H74N2O5S. The molecule has 0 atom stereocenters. The fourth-order valence-electron chi connectivity index (χ4n) is 5.58. The Labute approximate surface area is 294 Å². The van der Waals surface area contributed by atoms with Gasteiger partial charge in [0.1, 0.15) is 25.8 Å². The number of carbonyl (C=O) groups is 3.